The van der Waals surface area contributed by atoms with Crippen LogP contribution in [0.1, 0.15) is 11.3 Å². The van der Waals surface area contributed by atoms with Crippen molar-refractivity contribution >= 4 is 24.4 Å². The first-order chi connectivity index (χ1) is 10.8. The highest BCUT2D eigenvalue weighted by Crippen LogP contribution is 2.09. The molecular formula is C18H21ClN2O2. The third-order valence-corrected chi connectivity index (χ3v) is 3.87. The van der Waals surface area contributed by atoms with Crippen molar-refractivity contribution < 1.29 is 9.21 Å². The summed E-state index contributed by atoms with van der Waals surface area (Å²) in [4.78, 5) is 16.4. The van der Waals surface area contributed by atoms with Gasteiger partial charge in [-0.1, -0.05) is 30.3 Å². The second-order valence-electron chi connectivity index (χ2n) is 5.44. The van der Waals surface area contributed by atoms with Gasteiger partial charge in [0.15, 0.2) is 0 Å². The van der Waals surface area contributed by atoms with Crippen LogP contribution >= 0.6 is 12.4 Å². The first kappa shape index (κ1) is 17.3. The van der Waals surface area contributed by atoms with E-state index in [1.165, 1.54) is 5.56 Å². The Labute approximate surface area is 142 Å². The van der Waals surface area contributed by atoms with E-state index < -0.39 is 0 Å². The highest BCUT2D eigenvalue weighted by Gasteiger charge is 2.19. The van der Waals surface area contributed by atoms with Crippen LogP contribution in [-0.2, 0) is 11.3 Å². The molecule has 3 rings (SSSR count). The van der Waals surface area contributed by atoms with Gasteiger partial charge in [0.2, 0.25) is 5.91 Å². The molecule has 1 saturated heterocycles. The number of halogens is 1. The second kappa shape index (κ2) is 8.56. The van der Waals surface area contributed by atoms with Crippen LogP contribution in [0.5, 0.6) is 0 Å². The number of carbonyl (C=O) groups is 1. The first-order valence-electron chi connectivity index (χ1n) is 7.58. The van der Waals surface area contributed by atoms with Crippen molar-refractivity contribution in [1.29, 1.82) is 0 Å². The maximum Gasteiger partial charge on any atom is 0.246 e. The SMILES string of the molecule is Cl.O=C(/C=C/c1ccco1)N1CCN(Cc2ccccc2)CC1. The van der Waals surface area contributed by atoms with Crippen molar-refractivity contribution in [3.05, 3.63) is 66.1 Å². The van der Waals surface area contributed by atoms with Gasteiger partial charge in [-0.25, -0.2) is 0 Å². The predicted octanol–water partition coefficient (Wildman–Crippen LogP) is 3.06. The molecule has 0 spiro atoms. The average Bonchev–Trinajstić information content (AvgIpc) is 3.08. The molecule has 1 amide bonds. The Bertz CT molecular complexity index is 618. The van der Waals surface area contributed by atoms with Crippen LogP contribution in [0.4, 0.5) is 0 Å². The van der Waals surface area contributed by atoms with E-state index in [2.05, 4.69) is 29.2 Å². The van der Waals surface area contributed by atoms with E-state index in [0.29, 0.717) is 5.76 Å². The molecule has 0 atom stereocenters. The molecule has 122 valence electrons. The summed E-state index contributed by atoms with van der Waals surface area (Å²) in [6.07, 6.45) is 4.91. The molecule has 1 aromatic carbocycles. The number of nitrogens with zero attached hydrogens (tertiary/aromatic N) is 2. The van der Waals surface area contributed by atoms with Crippen LogP contribution in [0.2, 0.25) is 0 Å². The molecule has 5 heteroatoms. The summed E-state index contributed by atoms with van der Waals surface area (Å²) >= 11 is 0. The van der Waals surface area contributed by atoms with Gasteiger partial charge >= 0.3 is 0 Å². The minimum absolute atomic E-state index is 0. The molecule has 2 aromatic rings. The maximum absolute atomic E-state index is 12.1. The van der Waals surface area contributed by atoms with Crippen molar-refractivity contribution in [3.63, 3.8) is 0 Å². The third-order valence-electron chi connectivity index (χ3n) is 3.87. The van der Waals surface area contributed by atoms with Crippen molar-refractivity contribution in [1.82, 2.24) is 9.80 Å². The van der Waals surface area contributed by atoms with E-state index in [1.807, 2.05) is 23.1 Å². The Morgan fingerprint density at radius 3 is 2.43 bits per heavy atom. The largest absolute Gasteiger partial charge is 0.465 e. The lowest BCUT2D eigenvalue weighted by Crippen LogP contribution is -2.47. The number of piperazine rings is 1. The number of benzene rings is 1. The zero-order chi connectivity index (χ0) is 15.2. The van der Waals surface area contributed by atoms with Crippen molar-refractivity contribution in [2.24, 2.45) is 0 Å². The van der Waals surface area contributed by atoms with Gasteiger partial charge in [-0.05, 0) is 23.8 Å². The highest BCUT2D eigenvalue weighted by atomic mass is 35.5. The molecule has 0 aliphatic carbocycles. The number of amides is 1. The van der Waals surface area contributed by atoms with Gasteiger partial charge in [0, 0.05) is 38.8 Å². The summed E-state index contributed by atoms with van der Waals surface area (Å²) in [7, 11) is 0. The van der Waals surface area contributed by atoms with Crippen molar-refractivity contribution in [2.75, 3.05) is 26.2 Å². The van der Waals surface area contributed by atoms with Crippen molar-refractivity contribution in [3.8, 4) is 0 Å². The van der Waals surface area contributed by atoms with Crippen LogP contribution in [0, 0.1) is 0 Å². The molecular weight excluding hydrogens is 312 g/mol. The van der Waals surface area contributed by atoms with Crippen LogP contribution in [0.15, 0.2) is 59.2 Å². The molecule has 1 aliphatic heterocycles. The van der Waals surface area contributed by atoms with E-state index in [-0.39, 0.29) is 18.3 Å². The molecule has 23 heavy (non-hydrogen) atoms. The van der Waals surface area contributed by atoms with E-state index in [0.717, 1.165) is 32.7 Å². The van der Waals surface area contributed by atoms with E-state index in [4.69, 9.17) is 4.42 Å². The van der Waals surface area contributed by atoms with Crippen LogP contribution in [0.25, 0.3) is 6.08 Å². The quantitative estimate of drug-likeness (QED) is 0.807. The molecule has 0 saturated carbocycles. The lowest BCUT2D eigenvalue weighted by molar-refractivity contribution is -0.127. The minimum atomic E-state index is 0. The molecule has 1 aromatic heterocycles. The fourth-order valence-corrected chi connectivity index (χ4v) is 2.61. The fraction of sp³-hybridized carbons (Fsp3) is 0.278. The maximum atomic E-state index is 12.1. The summed E-state index contributed by atoms with van der Waals surface area (Å²) in [5.41, 5.74) is 1.32. The zero-order valence-corrected chi connectivity index (χ0v) is 13.7. The van der Waals surface area contributed by atoms with Gasteiger partial charge in [0.05, 0.1) is 6.26 Å². The van der Waals surface area contributed by atoms with Gasteiger partial charge in [-0.2, -0.15) is 0 Å². The zero-order valence-electron chi connectivity index (χ0n) is 12.9. The second-order valence-corrected chi connectivity index (χ2v) is 5.44. The molecule has 2 heterocycles. The molecule has 0 bridgehead atoms. The third kappa shape index (κ3) is 4.98. The molecule has 0 radical (unpaired) electrons. The topological polar surface area (TPSA) is 36.7 Å². The summed E-state index contributed by atoms with van der Waals surface area (Å²) in [5, 5.41) is 0. The standard InChI is InChI=1S/C18H20N2O2.ClH/c21-18(9-8-17-7-4-14-22-17)20-12-10-19(11-13-20)15-16-5-2-1-3-6-16;/h1-9,14H,10-13,15H2;1H/b9-8+;. The number of furan rings is 1. The Morgan fingerprint density at radius 1 is 1.04 bits per heavy atom. The fourth-order valence-electron chi connectivity index (χ4n) is 2.61. The Morgan fingerprint density at radius 2 is 1.78 bits per heavy atom. The van der Waals surface area contributed by atoms with E-state index >= 15 is 0 Å². The van der Waals surface area contributed by atoms with E-state index in [9.17, 15) is 4.79 Å². The molecule has 0 N–H and O–H groups in total. The Kier molecular flexibility index (Phi) is 6.44. The number of carbonyl (C=O) groups excluding carboxylic acids is 1. The van der Waals surface area contributed by atoms with Crippen LogP contribution in [-0.4, -0.2) is 41.9 Å². The van der Waals surface area contributed by atoms with Gasteiger partial charge in [0.1, 0.15) is 5.76 Å². The summed E-state index contributed by atoms with van der Waals surface area (Å²) < 4.78 is 5.19. The minimum Gasteiger partial charge on any atom is -0.465 e. The molecule has 1 aliphatic rings. The number of hydrogen-bond acceptors (Lipinski definition) is 3. The monoisotopic (exact) mass is 332 g/mol. The van der Waals surface area contributed by atoms with Crippen LogP contribution in [0.3, 0.4) is 0 Å². The van der Waals surface area contributed by atoms with Gasteiger partial charge in [-0.3, -0.25) is 9.69 Å². The number of hydrogen-bond donors (Lipinski definition) is 0. The molecule has 1 fully saturated rings. The molecule has 0 unspecified atom stereocenters. The van der Waals surface area contributed by atoms with Gasteiger partial charge in [-0.15, -0.1) is 12.4 Å². The average molecular weight is 333 g/mol. The normalized spacial score (nSPS) is 15.6. The summed E-state index contributed by atoms with van der Waals surface area (Å²) in [6.45, 7) is 4.32. The summed E-state index contributed by atoms with van der Waals surface area (Å²) in [5.74, 6) is 0.756. The lowest BCUT2D eigenvalue weighted by Gasteiger charge is -2.34. The first-order valence-corrected chi connectivity index (χ1v) is 7.58. The van der Waals surface area contributed by atoms with Gasteiger partial charge in [0.25, 0.3) is 0 Å². The van der Waals surface area contributed by atoms with Crippen molar-refractivity contribution in [2.45, 2.75) is 6.54 Å². The summed E-state index contributed by atoms with van der Waals surface area (Å²) in [6, 6.07) is 14.1. The smallest absolute Gasteiger partial charge is 0.246 e. The van der Waals surface area contributed by atoms with Gasteiger partial charge < -0.3 is 9.32 Å². The lowest BCUT2D eigenvalue weighted by atomic mass is 10.2. The number of rotatable bonds is 4. The molecule has 4 nitrogen and oxygen atoms in total. The predicted molar refractivity (Wildman–Crippen MR) is 93.3 cm³/mol. The van der Waals surface area contributed by atoms with E-state index in [1.54, 1.807) is 18.4 Å². The highest BCUT2D eigenvalue weighted by molar-refractivity contribution is 5.91. The Hall–Kier alpha value is -2.04. The Balaban J connectivity index is 0.00000192. The van der Waals surface area contributed by atoms with Crippen LogP contribution < -0.4 is 0 Å².